The maximum atomic E-state index is 12.4. The second-order valence-corrected chi connectivity index (χ2v) is 7.34. The molecule has 0 aliphatic heterocycles. The lowest BCUT2D eigenvalue weighted by Crippen LogP contribution is -2.34. The Hall–Kier alpha value is -2.41. The summed E-state index contributed by atoms with van der Waals surface area (Å²) in [6, 6.07) is 3.94. The highest BCUT2D eigenvalue weighted by Crippen LogP contribution is 2.14. The lowest BCUT2D eigenvalue weighted by Gasteiger charge is -2.11. The van der Waals surface area contributed by atoms with Gasteiger partial charge in [0.05, 0.1) is 12.2 Å². The Bertz CT molecular complexity index is 818. The number of amides is 1. The molecule has 3 rings (SSSR count). The highest BCUT2D eigenvalue weighted by Gasteiger charge is 2.15. The molecule has 0 radical (unpaired) electrons. The average Bonchev–Trinajstić information content (AvgIpc) is 3.28. The molecule has 0 bridgehead atoms. The molecule has 0 aliphatic carbocycles. The van der Waals surface area contributed by atoms with E-state index in [-0.39, 0.29) is 11.9 Å². The molecule has 0 fully saturated rings. The zero-order chi connectivity index (χ0) is 17.8. The minimum Gasteiger partial charge on any atom is -0.348 e. The van der Waals surface area contributed by atoms with Crippen LogP contribution in [0.1, 0.15) is 54.3 Å². The third kappa shape index (κ3) is 4.36. The van der Waals surface area contributed by atoms with Gasteiger partial charge in [0, 0.05) is 24.4 Å². The maximum Gasteiger partial charge on any atom is 0.271 e. The molecule has 3 aromatic rings. The predicted octanol–water partition coefficient (Wildman–Crippen LogP) is 3.20. The van der Waals surface area contributed by atoms with Gasteiger partial charge in [-0.3, -0.25) is 9.89 Å². The zero-order valence-electron chi connectivity index (χ0n) is 14.7. The number of H-pyrrole nitrogens is 1. The molecule has 7 heteroatoms. The molecule has 132 valence electrons. The summed E-state index contributed by atoms with van der Waals surface area (Å²) >= 11 is 1.67. The monoisotopic (exact) mass is 357 g/mol. The van der Waals surface area contributed by atoms with Crippen LogP contribution in [0.2, 0.25) is 0 Å². The van der Waals surface area contributed by atoms with Crippen LogP contribution in [0.5, 0.6) is 0 Å². The number of aromatic amines is 1. The van der Waals surface area contributed by atoms with E-state index in [1.165, 1.54) is 5.56 Å². The number of carbonyl (C=O) groups excluding carboxylic acids is 1. The molecule has 6 nitrogen and oxygen atoms in total. The molecule has 0 unspecified atom stereocenters. The number of nitrogens with zero attached hydrogens (tertiary/aromatic N) is 3. The van der Waals surface area contributed by atoms with Crippen molar-refractivity contribution in [1.29, 1.82) is 0 Å². The molecular formula is C18H23N5OS. The fourth-order valence-corrected chi connectivity index (χ4v) is 3.49. The molecule has 0 aromatic carbocycles. The highest BCUT2D eigenvalue weighted by molar-refractivity contribution is 7.07. The van der Waals surface area contributed by atoms with Gasteiger partial charge in [0.2, 0.25) is 0 Å². The molecule has 25 heavy (non-hydrogen) atoms. The number of aromatic nitrogens is 4. The summed E-state index contributed by atoms with van der Waals surface area (Å²) in [5, 5.41) is 14.3. The molecule has 2 N–H and O–H groups in total. The van der Waals surface area contributed by atoms with Gasteiger partial charge in [0.1, 0.15) is 11.5 Å². The number of nitrogens with one attached hydrogen (secondary N) is 2. The number of thiophene rings is 1. The molecule has 0 saturated heterocycles. The lowest BCUT2D eigenvalue weighted by atomic mass is 10.1. The van der Waals surface area contributed by atoms with E-state index in [2.05, 4.69) is 50.4 Å². The van der Waals surface area contributed by atoms with Crippen LogP contribution in [-0.2, 0) is 13.0 Å². The molecule has 3 aromatic heterocycles. The van der Waals surface area contributed by atoms with Gasteiger partial charge >= 0.3 is 0 Å². The van der Waals surface area contributed by atoms with E-state index in [1.807, 2.05) is 18.5 Å². The Labute approximate surface area is 151 Å². The van der Waals surface area contributed by atoms with Crippen LogP contribution >= 0.6 is 11.3 Å². The Balaban J connectivity index is 1.60. The normalized spacial score (nSPS) is 12.5. The van der Waals surface area contributed by atoms with Gasteiger partial charge in [-0.2, -0.15) is 16.4 Å². The van der Waals surface area contributed by atoms with Crippen LogP contribution in [0.25, 0.3) is 0 Å². The first-order valence-corrected chi connectivity index (χ1v) is 9.34. The van der Waals surface area contributed by atoms with Crippen molar-refractivity contribution in [1.82, 2.24) is 25.1 Å². The van der Waals surface area contributed by atoms with Crippen molar-refractivity contribution in [2.75, 3.05) is 0 Å². The van der Waals surface area contributed by atoms with Gasteiger partial charge in [-0.15, -0.1) is 0 Å². The van der Waals surface area contributed by atoms with Gasteiger partial charge in [0.25, 0.3) is 5.91 Å². The Morgan fingerprint density at radius 2 is 2.24 bits per heavy atom. The average molecular weight is 357 g/mol. The molecular weight excluding hydrogens is 334 g/mol. The van der Waals surface area contributed by atoms with E-state index in [0.717, 1.165) is 17.9 Å². The number of hydrogen-bond donors (Lipinski definition) is 2. The maximum absolute atomic E-state index is 12.4. The number of carbonyl (C=O) groups is 1. The van der Waals surface area contributed by atoms with Crippen molar-refractivity contribution in [2.24, 2.45) is 0 Å². The van der Waals surface area contributed by atoms with Gasteiger partial charge in [-0.25, -0.2) is 4.98 Å². The summed E-state index contributed by atoms with van der Waals surface area (Å²) in [5.74, 6) is 1.21. The smallest absolute Gasteiger partial charge is 0.271 e. The minimum absolute atomic E-state index is 0.0587. The summed E-state index contributed by atoms with van der Waals surface area (Å²) in [7, 11) is 0. The summed E-state index contributed by atoms with van der Waals surface area (Å²) in [5.41, 5.74) is 2.54. The minimum atomic E-state index is -0.153. The first kappa shape index (κ1) is 17.4. The van der Waals surface area contributed by atoms with Crippen molar-refractivity contribution in [3.05, 3.63) is 58.1 Å². The van der Waals surface area contributed by atoms with Crippen molar-refractivity contribution >= 4 is 17.2 Å². The summed E-state index contributed by atoms with van der Waals surface area (Å²) in [4.78, 5) is 16.7. The van der Waals surface area contributed by atoms with Gasteiger partial charge in [0.15, 0.2) is 0 Å². The predicted molar refractivity (Wildman–Crippen MR) is 99.0 cm³/mol. The van der Waals surface area contributed by atoms with Gasteiger partial charge < -0.3 is 9.88 Å². The van der Waals surface area contributed by atoms with Crippen LogP contribution in [0.3, 0.4) is 0 Å². The van der Waals surface area contributed by atoms with Gasteiger partial charge in [-0.05, 0) is 41.8 Å². The SMILES string of the molecule is CC(C)c1nccn1Cc1cc(C(=O)N[C@@H](C)Cc2ccsc2)n[nH]1. The van der Waals surface area contributed by atoms with Crippen molar-refractivity contribution in [3.63, 3.8) is 0 Å². The Morgan fingerprint density at radius 3 is 2.96 bits per heavy atom. The summed E-state index contributed by atoms with van der Waals surface area (Å²) < 4.78 is 2.07. The second kappa shape index (κ2) is 7.65. The largest absolute Gasteiger partial charge is 0.348 e. The van der Waals surface area contributed by atoms with Crippen LogP contribution in [0.15, 0.2) is 35.3 Å². The summed E-state index contributed by atoms with van der Waals surface area (Å²) in [6.45, 7) is 6.85. The Kier molecular flexibility index (Phi) is 5.33. The van der Waals surface area contributed by atoms with E-state index < -0.39 is 0 Å². The highest BCUT2D eigenvalue weighted by atomic mass is 32.1. The van der Waals surface area contributed by atoms with Crippen molar-refractivity contribution < 1.29 is 4.79 Å². The second-order valence-electron chi connectivity index (χ2n) is 6.56. The molecule has 3 heterocycles. The fraction of sp³-hybridized carbons (Fsp3) is 0.389. The fourth-order valence-electron chi connectivity index (χ4n) is 2.81. The van der Waals surface area contributed by atoms with E-state index in [1.54, 1.807) is 23.6 Å². The third-order valence-electron chi connectivity index (χ3n) is 3.97. The topological polar surface area (TPSA) is 75.6 Å². The van der Waals surface area contributed by atoms with Crippen molar-refractivity contribution in [3.8, 4) is 0 Å². The summed E-state index contributed by atoms with van der Waals surface area (Å²) in [6.07, 6.45) is 4.56. The first-order valence-electron chi connectivity index (χ1n) is 8.40. The van der Waals surface area contributed by atoms with Crippen molar-refractivity contribution in [2.45, 2.75) is 45.7 Å². The van der Waals surface area contributed by atoms with Crippen LogP contribution in [0, 0.1) is 0 Å². The van der Waals surface area contributed by atoms with Crippen LogP contribution < -0.4 is 5.32 Å². The standard InChI is InChI=1S/C18H23N5OS/c1-12(2)17-19-5-6-23(17)10-15-9-16(22-21-15)18(24)20-13(3)8-14-4-7-25-11-14/h4-7,9,11-13H,8,10H2,1-3H3,(H,20,24)(H,21,22)/t13-/m0/s1. The van der Waals surface area contributed by atoms with E-state index >= 15 is 0 Å². The first-order chi connectivity index (χ1) is 12.0. The molecule has 1 amide bonds. The van der Waals surface area contributed by atoms with E-state index in [4.69, 9.17) is 0 Å². The molecule has 1 atom stereocenters. The molecule has 0 spiro atoms. The van der Waals surface area contributed by atoms with E-state index in [0.29, 0.717) is 18.2 Å². The zero-order valence-corrected chi connectivity index (χ0v) is 15.5. The number of hydrogen-bond acceptors (Lipinski definition) is 4. The van der Waals surface area contributed by atoms with Crippen LogP contribution in [0.4, 0.5) is 0 Å². The lowest BCUT2D eigenvalue weighted by molar-refractivity contribution is 0.0935. The number of rotatable bonds is 7. The number of imidazole rings is 1. The van der Waals surface area contributed by atoms with E-state index in [9.17, 15) is 4.79 Å². The van der Waals surface area contributed by atoms with Crippen LogP contribution in [-0.4, -0.2) is 31.7 Å². The van der Waals surface area contributed by atoms with Gasteiger partial charge in [-0.1, -0.05) is 13.8 Å². The molecule has 0 aliphatic rings. The molecule has 0 saturated carbocycles. The Morgan fingerprint density at radius 1 is 1.40 bits per heavy atom. The third-order valence-corrected chi connectivity index (χ3v) is 4.70. The quantitative estimate of drug-likeness (QED) is 0.682.